The van der Waals surface area contributed by atoms with Crippen LogP contribution in [0.5, 0.6) is 5.75 Å². The van der Waals surface area contributed by atoms with Crippen LogP contribution < -0.4 is 9.64 Å². The molecule has 0 saturated carbocycles. The predicted molar refractivity (Wildman–Crippen MR) is 105 cm³/mol. The molecule has 0 atom stereocenters. The number of ether oxygens (including phenoxy) is 1. The molecule has 2 N–H and O–H groups in total. The van der Waals surface area contributed by atoms with Crippen molar-refractivity contribution in [1.82, 2.24) is 4.98 Å². The maximum atomic E-state index is 7.52. The SMILES string of the molecule is N=CC(C=N)c1ccc2c(c1)CN(c1ccnc3ccccc13)CCO2. The van der Waals surface area contributed by atoms with E-state index < -0.39 is 0 Å². The number of anilines is 1. The second kappa shape index (κ2) is 6.96. The van der Waals surface area contributed by atoms with E-state index >= 15 is 0 Å². The number of hydrogen-bond donors (Lipinski definition) is 2. The van der Waals surface area contributed by atoms with Crippen LogP contribution in [0.2, 0.25) is 0 Å². The highest BCUT2D eigenvalue weighted by molar-refractivity contribution is 5.91. The first-order valence-electron chi connectivity index (χ1n) is 8.65. The topological polar surface area (TPSA) is 73.1 Å². The number of para-hydroxylation sites is 1. The van der Waals surface area contributed by atoms with Gasteiger partial charge in [-0.15, -0.1) is 0 Å². The Morgan fingerprint density at radius 3 is 2.77 bits per heavy atom. The number of nitrogens with zero attached hydrogens (tertiary/aromatic N) is 2. The molecule has 1 aliphatic heterocycles. The van der Waals surface area contributed by atoms with Gasteiger partial charge in [0.05, 0.1) is 18.0 Å². The fourth-order valence-corrected chi connectivity index (χ4v) is 3.42. The molecule has 2 heterocycles. The standard InChI is InChI=1S/C21H20N4O/c22-12-17(13-23)15-5-6-21-16(11-15)14-25(9-10-26-21)20-7-8-24-19-4-2-1-3-18(19)20/h1-8,11-13,17,22-23H,9-10,14H2. The second-order valence-electron chi connectivity index (χ2n) is 6.34. The first kappa shape index (κ1) is 16.3. The van der Waals surface area contributed by atoms with Crippen molar-refractivity contribution in [2.45, 2.75) is 12.5 Å². The van der Waals surface area contributed by atoms with Gasteiger partial charge in [0.2, 0.25) is 0 Å². The van der Waals surface area contributed by atoms with E-state index in [1.54, 1.807) is 0 Å². The largest absolute Gasteiger partial charge is 0.491 e. The zero-order valence-corrected chi connectivity index (χ0v) is 14.4. The van der Waals surface area contributed by atoms with E-state index in [0.717, 1.165) is 46.6 Å². The van der Waals surface area contributed by atoms with Gasteiger partial charge in [-0.2, -0.15) is 0 Å². The summed E-state index contributed by atoms with van der Waals surface area (Å²) in [6.07, 6.45) is 4.43. The van der Waals surface area contributed by atoms with Crippen LogP contribution in [-0.2, 0) is 6.54 Å². The lowest BCUT2D eigenvalue weighted by Gasteiger charge is -2.23. The second-order valence-corrected chi connectivity index (χ2v) is 6.34. The Kier molecular flexibility index (Phi) is 4.35. The lowest BCUT2D eigenvalue weighted by Crippen LogP contribution is -2.25. The van der Waals surface area contributed by atoms with Gasteiger partial charge in [0.1, 0.15) is 12.4 Å². The molecule has 0 bridgehead atoms. The monoisotopic (exact) mass is 344 g/mol. The lowest BCUT2D eigenvalue weighted by atomic mass is 9.98. The van der Waals surface area contributed by atoms with Crippen LogP contribution in [0.25, 0.3) is 10.9 Å². The van der Waals surface area contributed by atoms with E-state index in [2.05, 4.69) is 28.1 Å². The van der Waals surface area contributed by atoms with Crippen LogP contribution in [-0.4, -0.2) is 30.6 Å². The van der Waals surface area contributed by atoms with E-state index in [-0.39, 0.29) is 5.92 Å². The van der Waals surface area contributed by atoms with Crippen LogP contribution in [0.3, 0.4) is 0 Å². The molecule has 0 aliphatic carbocycles. The molecule has 5 heteroatoms. The van der Waals surface area contributed by atoms with Crippen molar-refractivity contribution in [2.75, 3.05) is 18.1 Å². The summed E-state index contributed by atoms with van der Waals surface area (Å²) in [4.78, 5) is 6.77. The maximum absolute atomic E-state index is 7.52. The summed E-state index contributed by atoms with van der Waals surface area (Å²) in [5.74, 6) is 0.585. The Hall–Kier alpha value is -3.21. The summed E-state index contributed by atoms with van der Waals surface area (Å²) in [6, 6.07) is 16.2. The number of aromatic nitrogens is 1. The van der Waals surface area contributed by atoms with Crippen molar-refractivity contribution in [2.24, 2.45) is 0 Å². The minimum Gasteiger partial charge on any atom is -0.491 e. The van der Waals surface area contributed by atoms with Gasteiger partial charge in [-0.3, -0.25) is 4.98 Å². The molecule has 130 valence electrons. The summed E-state index contributed by atoms with van der Waals surface area (Å²) < 4.78 is 5.94. The van der Waals surface area contributed by atoms with Crippen molar-refractivity contribution in [3.05, 3.63) is 65.9 Å². The zero-order chi connectivity index (χ0) is 17.9. The molecule has 1 aliphatic rings. The van der Waals surface area contributed by atoms with Crippen LogP contribution in [0.1, 0.15) is 17.0 Å². The first-order valence-corrected chi connectivity index (χ1v) is 8.65. The first-order chi connectivity index (χ1) is 12.8. The third-order valence-electron chi connectivity index (χ3n) is 4.78. The molecular formula is C21H20N4O. The van der Waals surface area contributed by atoms with Gasteiger partial charge in [0.15, 0.2) is 0 Å². The molecule has 26 heavy (non-hydrogen) atoms. The van der Waals surface area contributed by atoms with Gasteiger partial charge in [-0.25, -0.2) is 0 Å². The van der Waals surface area contributed by atoms with Gasteiger partial charge < -0.3 is 20.5 Å². The molecule has 0 radical (unpaired) electrons. The van der Waals surface area contributed by atoms with Gasteiger partial charge in [0.25, 0.3) is 0 Å². The molecule has 0 saturated heterocycles. The van der Waals surface area contributed by atoms with Gasteiger partial charge >= 0.3 is 0 Å². The molecule has 3 aromatic rings. The Labute approximate surface area is 152 Å². The summed E-state index contributed by atoms with van der Waals surface area (Å²) in [7, 11) is 0. The third-order valence-corrected chi connectivity index (χ3v) is 4.78. The average molecular weight is 344 g/mol. The van der Waals surface area contributed by atoms with Gasteiger partial charge in [-0.05, 0) is 29.8 Å². The highest BCUT2D eigenvalue weighted by atomic mass is 16.5. The predicted octanol–water partition coefficient (Wildman–Crippen LogP) is 4.02. The molecule has 5 nitrogen and oxygen atoms in total. The lowest BCUT2D eigenvalue weighted by molar-refractivity contribution is 0.331. The Morgan fingerprint density at radius 2 is 1.92 bits per heavy atom. The summed E-state index contributed by atoms with van der Waals surface area (Å²) >= 11 is 0. The number of fused-ring (bicyclic) bond motifs is 2. The Morgan fingerprint density at radius 1 is 1.08 bits per heavy atom. The summed E-state index contributed by atoms with van der Waals surface area (Å²) in [5, 5.41) is 16.2. The molecule has 1 aromatic heterocycles. The average Bonchev–Trinajstić information content (AvgIpc) is 2.90. The van der Waals surface area contributed by atoms with E-state index in [1.807, 2.05) is 36.5 Å². The van der Waals surface area contributed by atoms with Crippen molar-refractivity contribution in [3.8, 4) is 5.75 Å². The van der Waals surface area contributed by atoms with Gasteiger partial charge in [-0.1, -0.05) is 24.3 Å². The highest BCUT2D eigenvalue weighted by Crippen LogP contribution is 2.31. The minimum atomic E-state index is -0.293. The molecule has 0 unspecified atom stereocenters. The maximum Gasteiger partial charge on any atom is 0.124 e. The van der Waals surface area contributed by atoms with Gasteiger partial charge in [0, 0.05) is 41.8 Å². The fraction of sp³-hybridized carbons (Fsp3) is 0.190. The smallest absolute Gasteiger partial charge is 0.124 e. The van der Waals surface area contributed by atoms with Crippen molar-refractivity contribution in [1.29, 1.82) is 10.8 Å². The molecule has 0 spiro atoms. The third kappa shape index (κ3) is 2.92. The number of pyridine rings is 1. The fourth-order valence-electron chi connectivity index (χ4n) is 3.42. The molecule has 4 rings (SSSR count). The van der Waals surface area contributed by atoms with Crippen LogP contribution in [0.4, 0.5) is 5.69 Å². The van der Waals surface area contributed by atoms with Crippen molar-refractivity contribution in [3.63, 3.8) is 0 Å². The zero-order valence-electron chi connectivity index (χ0n) is 14.4. The molecular weight excluding hydrogens is 324 g/mol. The van der Waals surface area contributed by atoms with E-state index in [4.69, 9.17) is 15.6 Å². The highest BCUT2D eigenvalue weighted by Gasteiger charge is 2.19. The number of nitrogens with one attached hydrogen (secondary N) is 2. The normalized spacial score (nSPS) is 14.8. The minimum absolute atomic E-state index is 0.293. The molecule has 2 aromatic carbocycles. The summed E-state index contributed by atoms with van der Waals surface area (Å²) in [6.45, 7) is 2.12. The molecule has 0 fully saturated rings. The molecule has 0 amide bonds. The van der Waals surface area contributed by atoms with E-state index in [9.17, 15) is 0 Å². The van der Waals surface area contributed by atoms with E-state index in [0.29, 0.717) is 6.61 Å². The van der Waals surface area contributed by atoms with Crippen molar-refractivity contribution < 1.29 is 4.74 Å². The van der Waals surface area contributed by atoms with E-state index in [1.165, 1.54) is 12.4 Å². The number of benzene rings is 2. The Bertz CT molecular complexity index is 956. The van der Waals surface area contributed by atoms with Crippen LogP contribution in [0.15, 0.2) is 54.7 Å². The quantitative estimate of drug-likeness (QED) is 0.702. The van der Waals surface area contributed by atoms with Crippen molar-refractivity contribution >= 4 is 29.0 Å². The van der Waals surface area contributed by atoms with Crippen LogP contribution in [0, 0.1) is 10.8 Å². The Balaban J connectivity index is 1.74. The number of rotatable bonds is 4. The van der Waals surface area contributed by atoms with Crippen LogP contribution >= 0.6 is 0 Å². The summed E-state index contributed by atoms with van der Waals surface area (Å²) in [5.41, 5.74) is 4.15. The number of hydrogen-bond acceptors (Lipinski definition) is 5.